The van der Waals surface area contributed by atoms with E-state index in [2.05, 4.69) is 5.32 Å². The van der Waals surface area contributed by atoms with Gasteiger partial charge in [0.25, 0.3) is 0 Å². The van der Waals surface area contributed by atoms with Crippen molar-refractivity contribution in [3.05, 3.63) is 23.8 Å². The molecule has 0 aliphatic heterocycles. The van der Waals surface area contributed by atoms with Crippen LogP contribution in [0.15, 0.2) is 18.2 Å². The molecule has 1 aromatic rings. The SMILES string of the molecule is Cc1ccc(NCC(=O)NC(N)=O)cc1N(C)C. The van der Waals surface area contributed by atoms with Gasteiger partial charge in [0, 0.05) is 25.5 Å². The molecule has 6 nitrogen and oxygen atoms in total. The first-order chi connectivity index (χ1) is 8.40. The van der Waals surface area contributed by atoms with Crippen molar-refractivity contribution in [1.82, 2.24) is 5.32 Å². The van der Waals surface area contributed by atoms with Gasteiger partial charge >= 0.3 is 6.03 Å². The monoisotopic (exact) mass is 250 g/mol. The molecule has 0 fully saturated rings. The molecule has 3 amide bonds. The number of primary amides is 1. The number of aryl methyl sites for hydroxylation is 1. The Morgan fingerprint density at radius 3 is 2.56 bits per heavy atom. The number of imide groups is 1. The third-order valence-corrected chi connectivity index (χ3v) is 2.41. The second-order valence-electron chi connectivity index (χ2n) is 4.16. The highest BCUT2D eigenvalue weighted by Crippen LogP contribution is 2.22. The first-order valence-corrected chi connectivity index (χ1v) is 5.51. The van der Waals surface area contributed by atoms with Crippen LogP contribution in [0.1, 0.15) is 5.56 Å². The Kier molecular flexibility index (Phi) is 4.53. The lowest BCUT2D eigenvalue weighted by atomic mass is 10.1. The Morgan fingerprint density at radius 2 is 2.00 bits per heavy atom. The van der Waals surface area contributed by atoms with E-state index >= 15 is 0 Å². The summed E-state index contributed by atoms with van der Waals surface area (Å²) in [5, 5.41) is 4.91. The minimum atomic E-state index is -0.848. The average Bonchev–Trinajstić information content (AvgIpc) is 2.26. The highest BCUT2D eigenvalue weighted by Gasteiger charge is 2.05. The average molecular weight is 250 g/mol. The van der Waals surface area contributed by atoms with Gasteiger partial charge in [0.1, 0.15) is 0 Å². The van der Waals surface area contributed by atoms with Crippen LogP contribution < -0.4 is 21.3 Å². The van der Waals surface area contributed by atoms with Crippen LogP contribution >= 0.6 is 0 Å². The molecule has 0 aliphatic rings. The number of hydrogen-bond acceptors (Lipinski definition) is 4. The number of amides is 3. The van der Waals surface area contributed by atoms with Crippen LogP contribution in [-0.4, -0.2) is 32.6 Å². The van der Waals surface area contributed by atoms with Gasteiger partial charge in [-0.1, -0.05) is 6.07 Å². The molecule has 0 unspecified atom stereocenters. The maximum absolute atomic E-state index is 11.2. The number of rotatable bonds is 4. The van der Waals surface area contributed by atoms with Gasteiger partial charge in [0.2, 0.25) is 5.91 Å². The molecule has 18 heavy (non-hydrogen) atoms. The number of nitrogens with two attached hydrogens (primary N) is 1. The summed E-state index contributed by atoms with van der Waals surface area (Å²) in [6, 6.07) is 4.93. The molecule has 1 aromatic carbocycles. The maximum atomic E-state index is 11.2. The maximum Gasteiger partial charge on any atom is 0.318 e. The van der Waals surface area contributed by atoms with Crippen molar-refractivity contribution in [2.75, 3.05) is 30.9 Å². The summed E-state index contributed by atoms with van der Waals surface area (Å²) in [6.07, 6.45) is 0. The zero-order chi connectivity index (χ0) is 13.7. The molecule has 1 rings (SSSR count). The molecular formula is C12H18N4O2. The zero-order valence-electron chi connectivity index (χ0n) is 10.8. The van der Waals surface area contributed by atoms with Gasteiger partial charge in [-0.2, -0.15) is 0 Å². The summed E-state index contributed by atoms with van der Waals surface area (Å²) in [5.74, 6) is -0.463. The van der Waals surface area contributed by atoms with E-state index in [-0.39, 0.29) is 6.54 Å². The highest BCUT2D eigenvalue weighted by molar-refractivity contribution is 5.95. The lowest BCUT2D eigenvalue weighted by Crippen LogP contribution is -2.38. The molecule has 0 saturated carbocycles. The fourth-order valence-electron chi connectivity index (χ4n) is 1.57. The number of nitrogens with zero attached hydrogens (tertiary/aromatic N) is 1. The Balaban J connectivity index is 2.66. The van der Waals surface area contributed by atoms with Crippen molar-refractivity contribution in [1.29, 1.82) is 0 Å². The van der Waals surface area contributed by atoms with Gasteiger partial charge in [0.15, 0.2) is 0 Å². The predicted molar refractivity (Wildman–Crippen MR) is 71.7 cm³/mol. The Morgan fingerprint density at radius 1 is 1.33 bits per heavy atom. The lowest BCUT2D eigenvalue weighted by molar-refractivity contribution is -0.118. The lowest BCUT2D eigenvalue weighted by Gasteiger charge is -2.17. The summed E-state index contributed by atoms with van der Waals surface area (Å²) >= 11 is 0. The molecule has 0 saturated heterocycles. The molecular weight excluding hydrogens is 232 g/mol. The second kappa shape index (κ2) is 5.90. The van der Waals surface area contributed by atoms with E-state index in [1.165, 1.54) is 0 Å². The zero-order valence-corrected chi connectivity index (χ0v) is 10.8. The molecule has 0 radical (unpaired) electrons. The van der Waals surface area contributed by atoms with Crippen LogP contribution in [0.2, 0.25) is 0 Å². The van der Waals surface area contributed by atoms with Crippen LogP contribution in [-0.2, 0) is 4.79 Å². The number of benzene rings is 1. The van der Waals surface area contributed by atoms with Crippen molar-refractivity contribution in [3.8, 4) is 0 Å². The van der Waals surface area contributed by atoms with E-state index < -0.39 is 11.9 Å². The minimum absolute atomic E-state index is 0.00112. The molecule has 0 spiro atoms. The van der Waals surface area contributed by atoms with Crippen LogP contribution in [0.5, 0.6) is 0 Å². The number of nitrogens with one attached hydrogen (secondary N) is 2. The van der Waals surface area contributed by atoms with E-state index in [1.807, 2.05) is 49.4 Å². The van der Waals surface area contributed by atoms with Crippen LogP contribution in [0.3, 0.4) is 0 Å². The number of carbonyl (C=O) groups is 2. The minimum Gasteiger partial charge on any atom is -0.377 e. The van der Waals surface area contributed by atoms with Gasteiger partial charge in [0.05, 0.1) is 6.54 Å². The fourth-order valence-corrected chi connectivity index (χ4v) is 1.57. The predicted octanol–water partition coefficient (Wildman–Crippen LogP) is 0.668. The van der Waals surface area contributed by atoms with E-state index in [9.17, 15) is 9.59 Å². The normalized spacial score (nSPS) is 9.72. The van der Waals surface area contributed by atoms with Crippen molar-refractivity contribution >= 4 is 23.3 Å². The van der Waals surface area contributed by atoms with Crippen LogP contribution in [0, 0.1) is 6.92 Å². The van der Waals surface area contributed by atoms with Crippen molar-refractivity contribution in [3.63, 3.8) is 0 Å². The topological polar surface area (TPSA) is 87.5 Å². The largest absolute Gasteiger partial charge is 0.377 e. The summed E-state index contributed by atoms with van der Waals surface area (Å²) in [4.78, 5) is 23.7. The number of carbonyl (C=O) groups excluding carboxylic acids is 2. The molecule has 0 heterocycles. The molecule has 98 valence electrons. The molecule has 0 aliphatic carbocycles. The number of urea groups is 1. The number of hydrogen-bond donors (Lipinski definition) is 3. The summed E-state index contributed by atoms with van der Waals surface area (Å²) in [5.41, 5.74) is 7.86. The third kappa shape index (κ3) is 3.97. The van der Waals surface area contributed by atoms with Crippen molar-refractivity contribution in [2.45, 2.75) is 6.92 Å². The Labute approximate surface area is 106 Å². The van der Waals surface area contributed by atoms with E-state index in [0.717, 1.165) is 16.9 Å². The molecule has 4 N–H and O–H groups in total. The molecule has 0 aromatic heterocycles. The molecule has 6 heteroatoms. The van der Waals surface area contributed by atoms with E-state index in [4.69, 9.17) is 5.73 Å². The van der Waals surface area contributed by atoms with Gasteiger partial charge < -0.3 is 16.0 Å². The fraction of sp³-hybridized carbons (Fsp3) is 0.333. The van der Waals surface area contributed by atoms with Crippen LogP contribution in [0.25, 0.3) is 0 Å². The smallest absolute Gasteiger partial charge is 0.318 e. The quantitative estimate of drug-likeness (QED) is 0.733. The van der Waals surface area contributed by atoms with E-state index in [0.29, 0.717) is 0 Å². The molecule has 0 bridgehead atoms. The van der Waals surface area contributed by atoms with Crippen molar-refractivity contribution < 1.29 is 9.59 Å². The second-order valence-corrected chi connectivity index (χ2v) is 4.16. The van der Waals surface area contributed by atoms with Crippen molar-refractivity contribution in [2.24, 2.45) is 5.73 Å². The van der Waals surface area contributed by atoms with Gasteiger partial charge in [-0.05, 0) is 24.6 Å². The standard InChI is InChI=1S/C12H18N4O2/c1-8-4-5-9(6-10(8)16(2)3)14-7-11(17)15-12(13)18/h4-6,14H,7H2,1-3H3,(H3,13,15,17,18). The van der Waals surface area contributed by atoms with Gasteiger partial charge in [-0.25, -0.2) is 4.79 Å². The summed E-state index contributed by atoms with van der Waals surface area (Å²) in [6.45, 7) is 2.01. The first-order valence-electron chi connectivity index (χ1n) is 5.51. The number of anilines is 2. The summed E-state index contributed by atoms with van der Waals surface area (Å²) in [7, 11) is 3.90. The first kappa shape index (κ1) is 13.8. The van der Waals surface area contributed by atoms with Gasteiger partial charge in [-0.3, -0.25) is 10.1 Å². The Hall–Kier alpha value is -2.24. The Bertz CT molecular complexity index is 457. The van der Waals surface area contributed by atoms with Gasteiger partial charge in [-0.15, -0.1) is 0 Å². The third-order valence-electron chi connectivity index (χ3n) is 2.41. The highest BCUT2D eigenvalue weighted by atomic mass is 16.2. The van der Waals surface area contributed by atoms with Crippen LogP contribution in [0.4, 0.5) is 16.2 Å². The summed E-state index contributed by atoms with van der Waals surface area (Å²) < 4.78 is 0. The molecule has 0 atom stereocenters. The van der Waals surface area contributed by atoms with E-state index in [1.54, 1.807) is 0 Å².